The molecule has 0 bridgehead atoms. The maximum atomic E-state index is 12.6. The van der Waals surface area contributed by atoms with Crippen molar-refractivity contribution >= 4 is 0 Å². The van der Waals surface area contributed by atoms with Crippen LogP contribution in [0.2, 0.25) is 0 Å². The van der Waals surface area contributed by atoms with Crippen molar-refractivity contribution in [2.45, 2.75) is 26.0 Å². The average Bonchev–Trinajstić information content (AvgIpc) is 2.77. The van der Waals surface area contributed by atoms with E-state index in [2.05, 4.69) is 4.98 Å². The molecule has 3 heterocycles. The number of hydrogen-bond donors (Lipinski definition) is 0. The van der Waals surface area contributed by atoms with Gasteiger partial charge in [-0.25, -0.2) is 4.79 Å². The number of hydrogen-bond acceptors (Lipinski definition) is 6. The van der Waals surface area contributed by atoms with Gasteiger partial charge >= 0.3 is 5.69 Å². The number of benzene rings is 2. The van der Waals surface area contributed by atoms with Crippen LogP contribution in [0.25, 0.3) is 11.3 Å². The highest BCUT2D eigenvalue weighted by Crippen LogP contribution is 2.33. The fourth-order valence-corrected chi connectivity index (χ4v) is 3.84. The number of rotatable bonds is 5. The van der Waals surface area contributed by atoms with Crippen LogP contribution in [-0.2, 0) is 13.0 Å². The Bertz CT molecular complexity index is 1140. The highest BCUT2D eigenvalue weighted by atomic mass is 16.6. The molecule has 1 aromatic heterocycles. The van der Waals surface area contributed by atoms with E-state index in [1.54, 1.807) is 4.57 Å². The summed E-state index contributed by atoms with van der Waals surface area (Å²) >= 11 is 0. The van der Waals surface area contributed by atoms with Crippen molar-refractivity contribution in [1.82, 2.24) is 9.55 Å². The van der Waals surface area contributed by atoms with Crippen LogP contribution in [0.1, 0.15) is 12.5 Å². The van der Waals surface area contributed by atoms with E-state index in [0.29, 0.717) is 25.5 Å². The fraction of sp³-hybridized carbons (Fsp3) is 0.304. The largest absolute Gasteiger partial charge is 0.494 e. The summed E-state index contributed by atoms with van der Waals surface area (Å²) in [5, 5.41) is 0. The molecule has 2 aromatic carbocycles. The van der Waals surface area contributed by atoms with Crippen molar-refractivity contribution in [2.75, 3.05) is 19.8 Å². The second-order valence-corrected chi connectivity index (χ2v) is 7.22. The lowest BCUT2D eigenvalue weighted by molar-refractivity contribution is 0.0520. The van der Waals surface area contributed by atoms with E-state index in [0.717, 1.165) is 34.7 Å². The summed E-state index contributed by atoms with van der Waals surface area (Å²) in [6.45, 7) is 3.78. The lowest BCUT2D eigenvalue weighted by atomic mass is 9.97. The summed E-state index contributed by atoms with van der Waals surface area (Å²) in [5.74, 6) is 2.54. The van der Waals surface area contributed by atoms with Gasteiger partial charge in [-0.05, 0) is 49.2 Å². The third kappa shape index (κ3) is 3.47. The molecule has 0 fully saturated rings. The average molecular weight is 406 g/mol. The smallest absolute Gasteiger partial charge is 0.351 e. The van der Waals surface area contributed by atoms with Crippen molar-refractivity contribution in [1.29, 1.82) is 0 Å². The third-order valence-electron chi connectivity index (χ3n) is 5.24. The molecule has 2 aliphatic rings. The molecule has 0 spiro atoms. The number of fused-ring (bicyclic) bond motifs is 4. The highest BCUT2D eigenvalue weighted by molar-refractivity contribution is 5.67. The second-order valence-electron chi connectivity index (χ2n) is 7.22. The number of aryl methyl sites for hydroxylation is 1. The molecule has 2 aliphatic heterocycles. The van der Waals surface area contributed by atoms with Crippen LogP contribution >= 0.6 is 0 Å². The third-order valence-corrected chi connectivity index (χ3v) is 5.24. The summed E-state index contributed by atoms with van der Waals surface area (Å²) in [6.07, 6.45) is 0.485. The Morgan fingerprint density at radius 1 is 1.13 bits per heavy atom. The zero-order valence-electron chi connectivity index (χ0n) is 16.7. The van der Waals surface area contributed by atoms with Gasteiger partial charge in [-0.1, -0.05) is 12.1 Å². The summed E-state index contributed by atoms with van der Waals surface area (Å²) < 4.78 is 24.8. The molecule has 0 amide bonds. The van der Waals surface area contributed by atoms with Gasteiger partial charge in [-0.3, -0.25) is 4.57 Å². The van der Waals surface area contributed by atoms with Crippen LogP contribution in [0, 0.1) is 0 Å². The number of nitrogens with zero attached hydrogens (tertiary/aromatic N) is 2. The molecule has 7 nitrogen and oxygen atoms in total. The van der Waals surface area contributed by atoms with Crippen molar-refractivity contribution in [3.63, 3.8) is 0 Å². The van der Waals surface area contributed by atoms with Crippen LogP contribution in [0.5, 0.6) is 23.1 Å². The van der Waals surface area contributed by atoms with Crippen LogP contribution in [0.15, 0.2) is 53.3 Å². The van der Waals surface area contributed by atoms with E-state index in [1.165, 1.54) is 0 Å². The molecular weight excluding hydrogens is 384 g/mol. The van der Waals surface area contributed by atoms with Gasteiger partial charge < -0.3 is 18.9 Å². The van der Waals surface area contributed by atoms with Gasteiger partial charge in [0.25, 0.3) is 0 Å². The van der Waals surface area contributed by atoms with E-state index in [1.807, 2.05) is 55.5 Å². The van der Waals surface area contributed by atoms with E-state index >= 15 is 0 Å². The topological polar surface area (TPSA) is 71.8 Å². The van der Waals surface area contributed by atoms with Gasteiger partial charge in [0, 0.05) is 18.2 Å². The molecule has 30 heavy (non-hydrogen) atoms. The van der Waals surface area contributed by atoms with Gasteiger partial charge in [0.15, 0.2) is 17.6 Å². The Morgan fingerprint density at radius 3 is 2.87 bits per heavy atom. The molecule has 0 radical (unpaired) electrons. The number of ether oxygens (including phenoxy) is 4. The lowest BCUT2D eigenvalue weighted by Gasteiger charge is -2.26. The first-order valence-corrected chi connectivity index (χ1v) is 10.1. The Hall–Kier alpha value is -3.48. The van der Waals surface area contributed by atoms with Crippen LogP contribution in [0.4, 0.5) is 0 Å². The molecule has 7 heteroatoms. The normalized spacial score (nSPS) is 16.4. The first-order valence-electron chi connectivity index (χ1n) is 10.1. The van der Waals surface area contributed by atoms with Crippen molar-refractivity contribution < 1.29 is 18.9 Å². The molecular formula is C23H22N2O5. The Kier molecular flexibility index (Phi) is 4.78. The summed E-state index contributed by atoms with van der Waals surface area (Å²) in [4.78, 5) is 16.7. The van der Waals surface area contributed by atoms with Crippen molar-refractivity contribution in [2.24, 2.45) is 0 Å². The summed E-state index contributed by atoms with van der Waals surface area (Å²) in [5.41, 5.74) is 2.65. The molecule has 0 N–H and O–H groups in total. The fourth-order valence-electron chi connectivity index (χ4n) is 3.84. The minimum Gasteiger partial charge on any atom is -0.494 e. The molecule has 154 valence electrons. The maximum absolute atomic E-state index is 12.6. The van der Waals surface area contributed by atoms with Crippen LogP contribution < -0.4 is 24.6 Å². The van der Waals surface area contributed by atoms with Gasteiger partial charge in [-0.2, -0.15) is 4.98 Å². The quantitative estimate of drug-likeness (QED) is 0.649. The Morgan fingerprint density at radius 2 is 2.00 bits per heavy atom. The molecule has 3 aromatic rings. The predicted molar refractivity (Wildman–Crippen MR) is 111 cm³/mol. The first kappa shape index (κ1) is 18.5. The number of aromatic nitrogens is 2. The molecule has 1 atom stereocenters. The first-order chi connectivity index (χ1) is 14.7. The van der Waals surface area contributed by atoms with E-state index in [-0.39, 0.29) is 24.3 Å². The standard InChI is InChI=1S/C23H22N2O5/c1-2-27-16-7-8-18-15(11-16)9-10-25-19(18)12-22(24-23(25)26)29-14-17-13-28-20-5-3-4-6-21(20)30-17/h3-8,11-12,17H,2,9-10,13-14H2,1H3. The van der Waals surface area contributed by atoms with Crippen LogP contribution in [0.3, 0.4) is 0 Å². The summed E-state index contributed by atoms with van der Waals surface area (Å²) in [7, 11) is 0. The minimum absolute atomic E-state index is 0.236. The zero-order valence-corrected chi connectivity index (χ0v) is 16.7. The van der Waals surface area contributed by atoms with Gasteiger partial charge in [0.2, 0.25) is 5.88 Å². The zero-order chi connectivity index (χ0) is 20.5. The SMILES string of the molecule is CCOc1ccc2c(c1)CCn1c-2cc(OCC2COc3ccccc3O2)nc1=O. The highest BCUT2D eigenvalue weighted by Gasteiger charge is 2.23. The monoisotopic (exact) mass is 406 g/mol. The molecule has 0 saturated heterocycles. The van der Waals surface area contributed by atoms with Gasteiger partial charge in [0.05, 0.1) is 12.3 Å². The summed E-state index contributed by atoms with van der Waals surface area (Å²) in [6, 6.07) is 15.3. The molecule has 1 unspecified atom stereocenters. The van der Waals surface area contributed by atoms with Gasteiger partial charge in [0.1, 0.15) is 19.0 Å². The number of para-hydroxylation sites is 2. The van der Waals surface area contributed by atoms with E-state index in [9.17, 15) is 4.79 Å². The lowest BCUT2D eigenvalue weighted by Crippen LogP contribution is -2.35. The van der Waals surface area contributed by atoms with Crippen molar-refractivity contribution in [3.05, 3.63) is 64.6 Å². The second kappa shape index (κ2) is 7.74. The van der Waals surface area contributed by atoms with Crippen molar-refractivity contribution in [3.8, 4) is 34.4 Å². The van der Waals surface area contributed by atoms with Crippen LogP contribution in [-0.4, -0.2) is 35.5 Å². The minimum atomic E-state index is -0.312. The Balaban J connectivity index is 1.36. The molecule has 0 saturated carbocycles. The predicted octanol–water partition coefficient (Wildman–Crippen LogP) is 3.08. The van der Waals surface area contributed by atoms with Gasteiger partial charge in [-0.15, -0.1) is 0 Å². The maximum Gasteiger partial charge on any atom is 0.351 e. The molecule has 5 rings (SSSR count). The molecule has 0 aliphatic carbocycles. The van der Waals surface area contributed by atoms with E-state index < -0.39 is 0 Å². The van der Waals surface area contributed by atoms with E-state index in [4.69, 9.17) is 18.9 Å². The Labute approximate surface area is 173 Å².